The van der Waals surface area contributed by atoms with Crippen molar-refractivity contribution in [3.05, 3.63) is 70.5 Å². The highest BCUT2D eigenvalue weighted by Crippen LogP contribution is 2.24. The third-order valence-electron chi connectivity index (χ3n) is 4.76. The fourth-order valence-corrected chi connectivity index (χ4v) is 3.74. The summed E-state index contributed by atoms with van der Waals surface area (Å²) < 4.78 is 0.873. The van der Waals surface area contributed by atoms with Gasteiger partial charge >= 0.3 is 0 Å². The van der Waals surface area contributed by atoms with E-state index in [-0.39, 0.29) is 5.91 Å². The van der Waals surface area contributed by atoms with Crippen molar-refractivity contribution in [3.63, 3.8) is 0 Å². The number of halogens is 1. The summed E-state index contributed by atoms with van der Waals surface area (Å²) in [5, 5.41) is 6.24. The Balaban J connectivity index is 1.44. The summed E-state index contributed by atoms with van der Waals surface area (Å²) in [6.45, 7) is 4.00. The molecule has 2 heterocycles. The van der Waals surface area contributed by atoms with E-state index in [4.69, 9.17) is 0 Å². The normalized spacial score (nSPS) is 13.4. The van der Waals surface area contributed by atoms with Crippen molar-refractivity contribution in [2.24, 2.45) is 0 Å². The van der Waals surface area contributed by atoms with Crippen molar-refractivity contribution < 1.29 is 4.79 Å². The molecule has 0 radical (unpaired) electrons. The summed E-state index contributed by atoms with van der Waals surface area (Å²) in [5.74, 6) is 2.34. The number of nitrogens with one attached hydrogen (secondary N) is 2. The second-order valence-electron chi connectivity index (χ2n) is 7.02. The zero-order valence-electron chi connectivity index (χ0n) is 16.2. The van der Waals surface area contributed by atoms with Crippen molar-refractivity contribution in [2.45, 2.75) is 19.8 Å². The first-order valence-corrected chi connectivity index (χ1v) is 10.4. The largest absolute Gasteiger partial charge is 0.356 e. The molecular weight excluding hydrogens is 430 g/mol. The Morgan fingerprint density at radius 1 is 1.00 bits per heavy atom. The van der Waals surface area contributed by atoms with Gasteiger partial charge in [-0.2, -0.15) is 0 Å². The SMILES string of the molecule is Cc1nc(Nc2ccc(NC(=O)c3cccc(Br)c3)cc2)cc(N2CCCC2)n1. The van der Waals surface area contributed by atoms with Gasteiger partial charge < -0.3 is 15.5 Å². The zero-order valence-corrected chi connectivity index (χ0v) is 17.7. The van der Waals surface area contributed by atoms with Crippen LogP contribution in [0, 0.1) is 6.92 Å². The molecule has 148 valence electrons. The maximum Gasteiger partial charge on any atom is 0.255 e. The fraction of sp³-hybridized carbons (Fsp3) is 0.227. The fourth-order valence-electron chi connectivity index (χ4n) is 3.34. The van der Waals surface area contributed by atoms with E-state index in [1.807, 2.05) is 49.4 Å². The lowest BCUT2D eigenvalue weighted by Crippen LogP contribution is -2.19. The molecule has 4 rings (SSSR count). The van der Waals surface area contributed by atoms with Crippen LogP contribution in [-0.2, 0) is 0 Å². The van der Waals surface area contributed by atoms with Crippen LogP contribution >= 0.6 is 15.9 Å². The van der Waals surface area contributed by atoms with Crippen LogP contribution in [0.5, 0.6) is 0 Å². The molecule has 1 saturated heterocycles. The molecule has 1 fully saturated rings. The van der Waals surface area contributed by atoms with Crippen molar-refractivity contribution >= 4 is 44.8 Å². The monoisotopic (exact) mass is 451 g/mol. The standard InChI is InChI=1S/C22H22BrN5O/c1-15-24-20(14-21(25-15)28-11-2-3-12-28)26-18-7-9-19(10-8-18)27-22(29)16-5-4-6-17(23)13-16/h4-10,13-14H,2-3,11-12H2,1H3,(H,27,29)(H,24,25,26). The number of carbonyl (C=O) groups is 1. The quantitative estimate of drug-likeness (QED) is 0.561. The number of rotatable bonds is 5. The number of amides is 1. The average molecular weight is 452 g/mol. The molecule has 0 aliphatic carbocycles. The predicted molar refractivity (Wildman–Crippen MR) is 120 cm³/mol. The molecule has 0 bridgehead atoms. The van der Waals surface area contributed by atoms with Crippen LogP contribution in [0.1, 0.15) is 29.0 Å². The number of carbonyl (C=O) groups excluding carboxylic acids is 1. The van der Waals surface area contributed by atoms with Gasteiger partial charge in [0, 0.05) is 40.6 Å². The summed E-state index contributed by atoms with van der Waals surface area (Å²) in [6.07, 6.45) is 2.41. The Morgan fingerprint density at radius 3 is 2.45 bits per heavy atom. The highest BCUT2D eigenvalue weighted by molar-refractivity contribution is 9.10. The van der Waals surface area contributed by atoms with Crippen LogP contribution in [-0.4, -0.2) is 29.0 Å². The maximum absolute atomic E-state index is 12.4. The van der Waals surface area contributed by atoms with Crippen LogP contribution in [0.25, 0.3) is 0 Å². The van der Waals surface area contributed by atoms with E-state index < -0.39 is 0 Å². The highest BCUT2D eigenvalue weighted by Gasteiger charge is 2.15. The van der Waals surface area contributed by atoms with Gasteiger partial charge in [0.25, 0.3) is 5.91 Å². The van der Waals surface area contributed by atoms with Crippen molar-refractivity contribution in [3.8, 4) is 0 Å². The molecule has 2 N–H and O–H groups in total. The van der Waals surface area contributed by atoms with Gasteiger partial charge in [-0.3, -0.25) is 4.79 Å². The van der Waals surface area contributed by atoms with E-state index in [2.05, 4.69) is 41.4 Å². The number of nitrogens with zero attached hydrogens (tertiary/aromatic N) is 3. The minimum Gasteiger partial charge on any atom is -0.356 e. The molecule has 0 atom stereocenters. The topological polar surface area (TPSA) is 70.2 Å². The number of anilines is 4. The molecular formula is C22H22BrN5O. The number of hydrogen-bond donors (Lipinski definition) is 2. The molecule has 1 aliphatic heterocycles. The van der Waals surface area contributed by atoms with E-state index in [1.54, 1.807) is 12.1 Å². The molecule has 29 heavy (non-hydrogen) atoms. The Labute approximate surface area is 178 Å². The molecule has 1 aromatic heterocycles. The maximum atomic E-state index is 12.4. The van der Waals surface area contributed by atoms with E-state index in [9.17, 15) is 4.79 Å². The van der Waals surface area contributed by atoms with Crippen molar-refractivity contribution in [1.29, 1.82) is 0 Å². The smallest absolute Gasteiger partial charge is 0.255 e. The summed E-state index contributed by atoms with van der Waals surface area (Å²) in [4.78, 5) is 23.7. The number of hydrogen-bond acceptors (Lipinski definition) is 5. The molecule has 0 unspecified atom stereocenters. The first kappa shape index (κ1) is 19.4. The average Bonchev–Trinajstić information content (AvgIpc) is 3.24. The Hall–Kier alpha value is -2.93. The van der Waals surface area contributed by atoms with Crippen molar-refractivity contribution in [1.82, 2.24) is 9.97 Å². The van der Waals surface area contributed by atoms with Gasteiger partial charge in [0.05, 0.1) is 0 Å². The van der Waals surface area contributed by atoms with E-state index in [1.165, 1.54) is 12.8 Å². The summed E-state index contributed by atoms with van der Waals surface area (Å²) in [6, 6.07) is 16.9. The Bertz CT molecular complexity index is 1020. The van der Waals surface area contributed by atoms with Gasteiger partial charge in [0.2, 0.25) is 0 Å². The molecule has 2 aromatic carbocycles. The number of aromatic nitrogens is 2. The molecule has 0 saturated carbocycles. The van der Waals surface area contributed by atoms with E-state index in [0.717, 1.165) is 46.4 Å². The summed E-state index contributed by atoms with van der Waals surface area (Å²) in [5.41, 5.74) is 2.24. The number of benzene rings is 2. The lowest BCUT2D eigenvalue weighted by molar-refractivity contribution is 0.102. The molecule has 6 nitrogen and oxygen atoms in total. The second kappa shape index (κ2) is 8.61. The minimum atomic E-state index is -0.145. The molecule has 3 aromatic rings. The third-order valence-corrected chi connectivity index (χ3v) is 5.25. The van der Waals surface area contributed by atoms with Gasteiger partial charge in [-0.25, -0.2) is 9.97 Å². The van der Waals surface area contributed by atoms with E-state index >= 15 is 0 Å². The number of aryl methyl sites for hydroxylation is 1. The lowest BCUT2D eigenvalue weighted by Gasteiger charge is -2.18. The second-order valence-corrected chi connectivity index (χ2v) is 7.94. The van der Waals surface area contributed by atoms with E-state index in [0.29, 0.717) is 5.56 Å². The lowest BCUT2D eigenvalue weighted by atomic mass is 10.2. The summed E-state index contributed by atoms with van der Waals surface area (Å²) >= 11 is 3.39. The van der Waals surface area contributed by atoms with Crippen LogP contribution in [0.15, 0.2) is 59.1 Å². The van der Waals surface area contributed by atoms with Gasteiger partial charge in [0.1, 0.15) is 17.5 Å². The van der Waals surface area contributed by atoms with Gasteiger partial charge in [-0.05, 0) is 62.2 Å². The molecule has 0 spiro atoms. The zero-order chi connectivity index (χ0) is 20.2. The first-order chi connectivity index (χ1) is 14.1. The third kappa shape index (κ3) is 4.92. The highest BCUT2D eigenvalue weighted by atomic mass is 79.9. The van der Waals surface area contributed by atoms with Gasteiger partial charge in [-0.1, -0.05) is 22.0 Å². The van der Waals surface area contributed by atoms with Crippen molar-refractivity contribution in [2.75, 3.05) is 28.6 Å². The van der Waals surface area contributed by atoms with Gasteiger partial charge in [0.15, 0.2) is 0 Å². The molecule has 1 amide bonds. The molecule has 1 aliphatic rings. The minimum absolute atomic E-state index is 0.145. The first-order valence-electron chi connectivity index (χ1n) is 9.61. The predicted octanol–water partition coefficient (Wildman–Crippen LogP) is 5.14. The van der Waals surface area contributed by atoms with Crippen LogP contribution in [0.4, 0.5) is 23.0 Å². The Morgan fingerprint density at radius 2 is 1.72 bits per heavy atom. The van der Waals surface area contributed by atoms with Crippen LogP contribution in [0.3, 0.4) is 0 Å². The van der Waals surface area contributed by atoms with Gasteiger partial charge in [-0.15, -0.1) is 0 Å². The van der Waals surface area contributed by atoms with Crippen LogP contribution in [0.2, 0.25) is 0 Å². The summed E-state index contributed by atoms with van der Waals surface area (Å²) in [7, 11) is 0. The Kier molecular flexibility index (Phi) is 5.76. The van der Waals surface area contributed by atoms with Crippen LogP contribution < -0.4 is 15.5 Å². The molecule has 7 heteroatoms.